The minimum Gasteiger partial charge on any atom is -0.385 e. The Morgan fingerprint density at radius 1 is 1.32 bits per heavy atom. The lowest BCUT2D eigenvalue weighted by Crippen LogP contribution is -2.43. The first-order valence-electron chi connectivity index (χ1n) is 8.08. The van der Waals surface area contributed by atoms with Crippen molar-refractivity contribution in [2.45, 2.75) is 24.2 Å². The molecule has 1 N–H and O–H groups in total. The highest BCUT2D eigenvalue weighted by Crippen LogP contribution is 2.26. The summed E-state index contributed by atoms with van der Waals surface area (Å²) < 4.78 is 58.0. The maximum atomic E-state index is 13.8. The van der Waals surface area contributed by atoms with Crippen molar-refractivity contribution in [3.63, 3.8) is 0 Å². The highest BCUT2D eigenvalue weighted by molar-refractivity contribution is 7.89. The van der Waals surface area contributed by atoms with Gasteiger partial charge in [0.25, 0.3) is 0 Å². The number of nitrogens with one attached hydrogen (secondary N) is 1. The monoisotopic (exact) mass is 376 g/mol. The zero-order valence-electron chi connectivity index (χ0n) is 14.0. The third-order valence-electron chi connectivity index (χ3n) is 4.16. The molecule has 0 aromatic heterocycles. The third kappa shape index (κ3) is 4.96. The number of nitrogens with zero attached hydrogens (tertiary/aromatic N) is 1. The molecular weight excluding hydrogens is 354 g/mol. The molecule has 1 aliphatic heterocycles. The number of rotatable bonds is 7. The van der Waals surface area contributed by atoms with Crippen LogP contribution in [0.5, 0.6) is 0 Å². The van der Waals surface area contributed by atoms with E-state index in [-0.39, 0.29) is 24.9 Å². The molecule has 9 heteroatoms. The van der Waals surface area contributed by atoms with Gasteiger partial charge in [-0.1, -0.05) is 0 Å². The highest BCUT2D eigenvalue weighted by atomic mass is 32.2. The standard InChI is InChI=1S/C16H22F2N2O4S/c1-24-10-2-7-19-16(21)12-5-8-20(9-6-12)25(22,23)15-11-13(17)3-4-14(15)18/h3-4,11-12H,2,5-10H2,1H3,(H,19,21). The van der Waals surface area contributed by atoms with Crippen LogP contribution in [-0.2, 0) is 19.6 Å². The van der Waals surface area contributed by atoms with Gasteiger partial charge in [-0.15, -0.1) is 0 Å². The van der Waals surface area contributed by atoms with Gasteiger partial charge in [0.1, 0.15) is 16.5 Å². The van der Waals surface area contributed by atoms with Crippen LogP contribution in [0.1, 0.15) is 19.3 Å². The summed E-state index contributed by atoms with van der Waals surface area (Å²) in [5.41, 5.74) is 0. The topological polar surface area (TPSA) is 75.7 Å². The average Bonchev–Trinajstić information content (AvgIpc) is 2.60. The minimum absolute atomic E-state index is 0.0917. The summed E-state index contributed by atoms with van der Waals surface area (Å²) >= 11 is 0. The van der Waals surface area contributed by atoms with Gasteiger partial charge in [-0.05, 0) is 37.5 Å². The molecule has 0 unspecified atom stereocenters. The fourth-order valence-corrected chi connectivity index (χ4v) is 4.29. The molecule has 1 amide bonds. The molecule has 140 valence electrons. The Balaban J connectivity index is 1.95. The van der Waals surface area contributed by atoms with E-state index in [0.29, 0.717) is 38.5 Å². The Hall–Kier alpha value is -1.58. The number of hydrogen-bond acceptors (Lipinski definition) is 4. The second kappa shape index (κ2) is 8.68. The van der Waals surface area contributed by atoms with Crippen LogP contribution in [0, 0.1) is 17.6 Å². The molecule has 1 aromatic rings. The number of piperidine rings is 1. The van der Waals surface area contributed by atoms with Crippen molar-refractivity contribution in [2.24, 2.45) is 5.92 Å². The van der Waals surface area contributed by atoms with Gasteiger partial charge >= 0.3 is 0 Å². The van der Waals surface area contributed by atoms with Crippen LogP contribution < -0.4 is 5.32 Å². The van der Waals surface area contributed by atoms with Gasteiger partial charge in [0.2, 0.25) is 15.9 Å². The van der Waals surface area contributed by atoms with Crippen molar-refractivity contribution >= 4 is 15.9 Å². The van der Waals surface area contributed by atoms with Crippen LogP contribution in [0.15, 0.2) is 23.1 Å². The Morgan fingerprint density at radius 2 is 2.00 bits per heavy atom. The lowest BCUT2D eigenvalue weighted by molar-refractivity contribution is -0.126. The molecule has 1 aliphatic rings. The number of halogens is 2. The first-order valence-corrected chi connectivity index (χ1v) is 9.52. The van der Waals surface area contributed by atoms with Crippen LogP contribution in [0.4, 0.5) is 8.78 Å². The van der Waals surface area contributed by atoms with Gasteiger partial charge in [0.15, 0.2) is 0 Å². The van der Waals surface area contributed by atoms with E-state index in [1.807, 2.05) is 0 Å². The molecule has 1 aromatic carbocycles. The van der Waals surface area contributed by atoms with Gasteiger partial charge in [-0.2, -0.15) is 4.31 Å². The smallest absolute Gasteiger partial charge is 0.246 e. The second-order valence-electron chi connectivity index (χ2n) is 5.89. The summed E-state index contributed by atoms with van der Waals surface area (Å²) in [4.78, 5) is 11.4. The first-order chi connectivity index (χ1) is 11.9. The summed E-state index contributed by atoms with van der Waals surface area (Å²) in [6.07, 6.45) is 1.38. The normalized spacial score (nSPS) is 16.8. The van der Waals surface area contributed by atoms with Gasteiger partial charge in [0, 0.05) is 39.3 Å². The number of benzene rings is 1. The molecule has 1 fully saturated rings. The molecule has 25 heavy (non-hydrogen) atoms. The second-order valence-corrected chi connectivity index (χ2v) is 7.80. The molecule has 1 heterocycles. The number of amides is 1. The molecule has 2 rings (SSSR count). The Kier molecular flexibility index (Phi) is 6.86. The molecule has 6 nitrogen and oxygen atoms in total. The largest absolute Gasteiger partial charge is 0.385 e. The van der Waals surface area contributed by atoms with Crippen molar-refractivity contribution in [2.75, 3.05) is 33.4 Å². The average molecular weight is 376 g/mol. The van der Waals surface area contributed by atoms with E-state index in [1.54, 1.807) is 7.11 Å². The van der Waals surface area contributed by atoms with Crippen LogP contribution in [-0.4, -0.2) is 52.0 Å². The van der Waals surface area contributed by atoms with Gasteiger partial charge in [-0.3, -0.25) is 4.79 Å². The number of methoxy groups -OCH3 is 1. The van der Waals surface area contributed by atoms with Crippen LogP contribution >= 0.6 is 0 Å². The highest BCUT2D eigenvalue weighted by Gasteiger charge is 2.33. The predicted molar refractivity (Wildman–Crippen MR) is 87.3 cm³/mol. The molecule has 0 radical (unpaired) electrons. The third-order valence-corrected chi connectivity index (χ3v) is 6.07. The summed E-state index contributed by atoms with van der Waals surface area (Å²) in [6, 6.07) is 2.34. The van der Waals surface area contributed by atoms with E-state index in [4.69, 9.17) is 4.74 Å². The number of carbonyl (C=O) groups is 1. The summed E-state index contributed by atoms with van der Waals surface area (Å²) in [5.74, 6) is -2.21. The van der Waals surface area contributed by atoms with Crippen molar-refractivity contribution in [3.8, 4) is 0 Å². The first kappa shape index (κ1) is 19.7. The van der Waals surface area contributed by atoms with E-state index in [2.05, 4.69) is 5.32 Å². The quantitative estimate of drug-likeness (QED) is 0.732. The summed E-state index contributed by atoms with van der Waals surface area (Å²) in [5, 5.41) is 2.79. The molecule has 0 aliphatic carbocycles. The zero-order valence-corrected chi connectivity index (χ0v) is 14.8. The van der Waals surface area contributed by atoms with Crippen molar-refractivity contribution in [3.05, 3.63) is 29.8 Å². The van der Waals surface area contributed by atoms with Gasteiger partial charge in [-0.25, -0.2) is 17.2 Å². The minimum atomic E-state index is -4.12. The number of sulfonamides is 1. The van der Waals surface area contributed by atoms with E-state index < -0.39 is 26.6 Å². The van der Waals surface area contributed by atoms with Crippen molar-refractivity contribution in [1.29, 1.82) is 0 Å². The lowest BCUT2D eigenvalue weighted by atomic mass is 9.97. The molecule has 0 atom stereocenters. The zero-order chi connectivity index (χ0) is 18.4. The molecule has 0 bridgehead atoms. The number of carbonyl (C=O) groups excluding carboxylic acids is 1. The predicted octanol–water partition coefficient (Wildman–Crippen LogP) is 1.52. The summed E-state index contributed by atoms with van der Waals surface area (Å²) in [7, 11) is -2.54. The maximum absolute atomic E-state index is 13.8. The van der Waals surface area contributed by atoms with E-state index in [0.717, 1.165) is 16.4 Å². The van der Waals surface area contributed by atoms with Gasteiger partial charge in [0.05, 0.1) is 0 Å². The summed E-state index contributed by atoms with van der Waals surface area (Å²) in [6.45, 7) is 1.23. The maximum Gasteiger partial charge on any atom is 0.246 e. The number of ether oxygens (including phenoxy) is 1. The van der Waals surface area contributed by atoms with Crippen molar-refractivity contribution < 1.29 is 26.7 Å². The Morgan fingerprint density at radius 3 is 2.64 bits per heavy atom. The van der Waals surface area contributed by atoms with Crippen molar-refractivity contribution in [1.82, 2.24) is 9.62 Å². The van der Waals surface area contributed by atoms with Crippen LogP contribution in [0.3, 0.4) is 0 Å². The molecule has 1 saturated heterocycles. The van der Waals surface area contributed by atoms with E-state index in [1.165, 1.54) is 0 Å². The van der Waals surface area contributed by atoms with Gasteiger partial charge < -0.3 is 10.1 Å². The van der Waals surface area contributed by atoms with E-state index >= 15 is 0 Å². The SMILES string of the molecule is COCCCNC(=O)C1CCN(S(=O)(=O)c2cc(F)ccc2F)CC1. The van der Waals surface area contributed by atoms with E-state index in [9.17, 15) is 22.0 Å². The molecule has 0 saturated carbocycles. The van der Waals surface area contributed by atoms with Crippen LogP contribution in [0.25, 0.3) is 0 Å². The molecule has 0 spiro atoms. The Bertz CT molecular complexity index is 704. The Labute approximate surface area is 146 Å². The number of hydrogen-bond donors (Lipinski definition) is 1. The van der Waals surface area contributed by atoms with Crippen LogP contribution in [0.2, 0.25) is 0 Å². The fraction of sp³-hybridized carbons (Fsp3) is 0.562. The fourth-order valence-electron chi connectivity index (χ4n) is 2.74. The lowest BCUT2D eigenvalue weighted by Gasteiger charge is -2.30. The molecular formula is C16H22F2N2O4S.